The molecule has 98 valence electrons. The lowest BCUT2D eigenvalue weighted by molar-refractivity contribution is -0.384. The molecule has 0 amide bonds. The first-order valence-electron chi connectivity index (χ1n) is 6.45. The van der Waals surface area contributed by atoms with E-state index in [2.05, 4.69) is 10.6 Å². The number of hydrogen-bond acceptors (Lipinski definition) is 4. The number of nitro groups is 1. The molecule has 2 rings (SSSR count). The van der Waals surface area contributed by atoms with Gasteiger partial charge in [0, 0.05) is 12.6 Å². The first kappa shape index (κ1) is 12.8. The average Bonchev–Trinajstić information content (AvgIpc) is 2.40. The van der Waals surface area contributed by atoms with Crippen LogP contribution in [0.25, 0.3) is 0 Å². The van der Waals surface area contributed by atoms with Crippen molar-refractivity contribution in [2.24, 2.45) is 5.92 Å². The second-order valence-corrected chi connectivity index (χ2v) is 4.70. The van der Waals surface area contributed by atoms with Crippen LogP contribution in [0, 0.1) is 16.0 Å². The van der Waals surface area contributed by atoms with Crippen molar-refractivity contribution < 1.29 is 4.92 Å². The maximum absolute atomic E-state index is 10.8. The van der Waals surface area contributed by atoms with Crippen LogP contribution in [-0.2, 0) is 0 Å². The topological polar surface area (TPSA) is 67.2 Å². The van der Waals surface area contributed by atoms with Crippen LogP contribution in [-0.4, -0.2) is 24.6 Å². The lowest BCUT2D eigenvalue weighted by Gasteiger charge is -2.22. The Morgan fingerprint density at radius 2 is 2.28 bits per heavy atom. The highest BCUT2D eigenvalue weighted by atomic mass is 16.6. The molecule has 1 aromatic carbocycles. The second-order valence-electron chi connectivity index (χ2n) is 4.70. The van der Waals surface area contributed by atoms with Crippen LogP contribution in [0.15, 0.2) is 24.3 Å². The van der Waals surface area contributed by atoms with Crippen LogP contribution in [0.2, 0.25) is 0 Å². The minimum absolute atomic E-state index is 0.152. The zero-order valence-corrected chi connectivity index (χ0v) is 10.4. The summed E-state index contributed by atoms with van der Waals surface area (Å²) in [4.78, 5) is 10.5. The van der Waals surface area contributed by atoms with E-state index in [0.29, 0.717) is 11.6 Å². The van der Waals surface area contributed by atoms with Gasteiger partial charge in [0.15, 0.2) is 0 Å². The number of para-hydroxylation sites is 2. The Hall–Kier alpha value is -1.62. The third kappa shape index (κ3) is 3.43. The number of anilines is 1. The van der Waals surface area contributed by atoms with E-state index in [-0.39, 0.29) is 10.6 Å². The normalized spacial score (nSPS) is 19.4. The van der Waals surface area contributed by atoms with Crippen molar-refractivity contribution in [3.05, 3.63) is 34.4 Å². The Morgan fingerprint density at radius 1 is 1.44 bits per heavy atom. The third-order valence-corrected chi connectivity index (χ3v) is 3.37. The van der Waals surface area contributed by atoms with Gasteiger partial charge in [-0.1, -0.05) is 12.1 Å². The van der Waals surface area contributed by atoms with Crippen LogP contribution in [0.5, 0.6) is 0 Å². The fourth-order valence-corrected chi connectivity index (χ4v) is 2.36. The van der Waals surface area contributed by atoms with Gasteiger partial charge >= 0.3 is 0 Å². The number of rotatable bonds is 5. The molecular weight excluding hydrogens is 230 g/mol. The van der Waals surface area contributed by atoms with Crippen molar-refractivity contribution in [3.63, 3.8) is 0 Å². The largest absolute Gasteiger partial charge is 0.379 e. The lowest BCUT2D eigenvalue weighted by atomic mass is 9.96. The summed E-state index contributed by atoms with van der Waals surface area (Å²) in [5, 5.41) is 17.4. The minimum atomic E-state index is -0.343. The maximum atomic E-state index is 10.8. The summed E-state index contributed by atoms with van der Waals surface area (Å²) >= 11 is 0. The van der Waals surface area contributed by atoms with Gasteiger partial charge in [0.25, 0.3) is 5.69 Å². The lowest BCUT2D eigenvalue weighted by Crippen LogP contribution is -2.30. The van der Waals surface area contributed by atoms with Gasteiger partial charge in [-0.15, -0.1) is 0 Å². The summed E-state index contributed by atoms with van der Waals surface area (Å²) in [6.07, 6.45) is 3.54. The average molecular weight is 249 g/mol. The van der Waals surface area contributed by atoms with Crippen molar-refractivity contribution in [1.29, 1.82) is 0 Å². The smallest absolute Gasteiger partial charge is 0.292 e. The quantitative estimate of drug-likeness (QED) is 0.621. The van der Waals surface area contributed by atoms with Crippen LogP contribution in [0.4, 0.5) is 11.4 Å². The molecule has 1 saturated heterocycles. The predicted molar refractivity (Wildman–Crippen MR) is 71.8 cm³/mol. The molecular formula is C13H19N3O2. The van der Waals surface area contributed by atoms with Crippen LogP contribution < -0.4 is 10.6 Å². The summed E-state index contributed by atoms with van der Waals surface area (Å²) in [6.45, 7) is 2.98. The van der Waals surface area contributed by atoms with Gasteiger partial charge < -0.3 is 10.6 Å². The van der Waals surface area contributed by atoms with Gasteiger partial charge in [0.05, 0.1) is 4.92 Å². The standard InChI is InChI=1S/C13H19N3O2/c17-16(18)13-6-2-1-5-12(13)15-9-7-11-4-3-8-14-10-11/h1-2,5-6,11,14-15H,3-4,7-10H2. The molecule has 1 atom stereocenters. The summed E-state index contributed by atoms with van der Waals surface area (Å²) in [6, 6.07) is 6.80. The molecule has 1 unspecified atom stereocenters. The van der Waals surface area contributed by atoms with E-state index in [1.807, 2.05) is 6.07 Å². The van der Waals surface area contributed by atoms with Gasteiger partial charge in [-0.05, 0) is 44.3 Å². The van der Waals surface area contributed by atoms with Crippen molar-refractivity contribution in [2.45, 2.75) is 19.3 Å². The fraction of sp³-hybridized carbons (Fsp3) is 0.538. The molecule has 5 nitrogen and oxygen atoms in total. The molecule has 0 spiro atoms. The summed E-state index contributed by atoms with van der Waals surface area (Å²) in [7, 11) is 0. The molecule has 1 heterocycles. The highest BCUT2D eigenvalue weighted by molar-refractivity contribution is 5.60. The number of nitro benzene ring substituents is 1. The van der Waals surface area contributed by atoms with Crippen molar-refractivity contribution >= 4 is 11.4 Å². The van der Waals surface area contributed by atoms with Crippen LogP contribution in [0.1, 0.15) is 19.3 Å². The van der Waals surface area contributed by atoms with Crippen molar-refractivity contribution in [1.82, 2.24) is 5.32 Å². The SMILES string of the molecule is O=[N+]([O-])c1ccccc1NCCC1CCCNC1. The molecule has 2 N–H and O–H groups in total. The number of nitrogens with one attached hydrogen (secondary N) is 2. The molecule has 0 aliphatic carbocycles. The van der Waals surface area contributed by atoms with Gasteiger partial charge in [0.1, 0.15) is 5.69 Å². The molecule has 18 heavy (non-hydrogen) atoms. The zero-order chi connectivity index (χ0) is 12.8. The molecule has 0 bridgehead atoms. The molecule has 1 aliphatic heterocycles. The molecule has 0 aromatic heterocycles. The number of benzene rings is 1. The first-order chi connectivity index (χ1) is 8.77. The van der Waals surface area contributed by atoms with Crippen molar-refractivity contribution in [2.75, 3.05) is 25.0 Å². The van der Waals surface area contributed by atoms with E-state index in [1.165, 1.54) is 18.9 Å². The van der Waals surface area contributed by atoms with E-state index >= 15 is 0 Å². The molecule has 5 heteroatoms. The van der Waals surface area contributed by atoms with E-state index < -0.39 is 0 Å². The Morgan fingerprint density at radius 3 is 3.00 bits per heavy atom. The monoisotopic (exact) mass is 249 g/mol. The van der Waals surface area contributed by atoms with Crippen LogP contribution in [0.3, 0.4) is 0 Å². The molecule has 1 aromatic rings. The number of hydrogen-bond donors (Lipinski definition) is 2. The van der Waals surface area contributed by atoms with Crippen LogP contribution >= 0.6 is 0 Å². The summed E-state index contributed by atoms with van der Waals surface area (Å²) in [5.74, 6) is 0.689. The molecule has 0 radical (unpaired) electrons. The maximum Gasteiger partial charge on any atom is 0.292 e. The number of nitrogens with zero attached hydrogens (tertiary/aromatic N) is 1. The third-order valence-electron chi connectivity index (χ3n) is 3.37. The summed E-state index contributed by atoms with van der Waals surface area (Å²) in [5.41, 5.74) is 0.769. The molecule has 0 saturated carbocycles. The van der Waals surface area contributed by atoms with E-state index in [0.717, 1.165) is 26.1 Å². The van der Waals surface area contributed by atoms with Gasteiger partial charge in [-0.2, -0.15) is 0 Å². The summed E-state index contributed by atoms with van der Waals surface area (Å²) < 4.78 is 0. The zero-order valence-electron chi connectivity index (χ0n) is 10.4. The molecule has 1 fully saturated rings. The van der Waals surface area contributed by atoms with E-state index in [1.54, 1.807) is 12.1 Å². The fourth-order valence-electron chi connectivity index (χ4n) is 2.36. The predicted octanol–water partition coefficient (Wildman–Crippen LogP) is 2.40. The van der Waals surface area contributed by atoms with Gasteiger partial charge in [0.2, 0.25) is 0 Å². The Labute approximate surface area is 107 Å². The van der Waals surface area contributed by atoms with Gasteiger partial charge in [-0.3, -0.25) is 10.1 Å². The first-order valence-corrected chi connectivity index (χ1v) is 6.45. The van der Waals surface area contributed by atoms with Crippen molar-refractivity contribution in [3.8, 4) is 0 Å². The Kier molecular flexibility index (Phi) is 4.52. The molecule has 1 aliphatic rings. The highest BCUT2D eigenvalue weighted by Crippen LogP contribution is 2.23. The van der Waals surface area contributed by atoms with E-state index in [4.69, 9.17) is 0 Å². The minimum Gasteiger partial charge on any atom is -0.379 e. The Bertz CT molecular complexity index is 403. The second kappa shape index (κ2) is 6.35. The van der Waals surface area contributed by atoms with Gasteiger partial charge in [-0.25, -0.2) is 0 Å². The van der Waals surface area contributed by atoms with E-state index in [9.17, 15) is 10.1 Å². The number of piperidine rings is 1. The highest BCUT2D eigenvalue weighted by Gasteiger charge is 2.14. The Balaban J connectivity index is 1.84.